The van der Waals surface area contributed by atoms with Crippen molar-refractivity contribution in [2.45, 2.75) is 93.0 Å². The molecule has 0 fully saturated rings. The van der Waals surface area contributed by atoms with E-state index in [1.807, 2.05) is 0 Å². The van der Waals surface area contributed by atoms with Crippen LogP contribution in [0.4, 0.5) is 75.0 Å². The van der Waals surface area contributed by atoms with Crippen molar-refractivity contribution in [1.82, 2.24) is 0 Å². The van der Waals surface area contributed by atoms with Crippen molar-refractivity contribution >= 4 is 6.09 Å². The van der Waals surface area contributed by atoms with Crippen LogP contribution in [0.1, 0.15) is 39.0 Å². The van der Waals surface area contributed by atoms with Gasteiger partial charge in [0.05, 0.1) is 6.42 Å². The number of hydrogen-bond acceptors (Lipinski definition) is 2. The third-order valence-corrected chi connectivity index (χ3v) is 4.63. The van der Waals surface area contributed by atoms with E-state index in [9.17, 15) is 75.0 Å². The fourth-order valence-electron chi connectivity index (χ4n) is 2.57. The number of ether oxygens (including phenoxy) is 1. The first kappa shape index (κ1) is 33.1. The minimum absolute atomic E-state index is 0.133. The highest BCUT2D eigenvalue weighted by molar-refractivity contribution is 5.64. The van der Waals surface area contributed by atoms with E-state index in [1.54, 1.807) is 0 Å². The highest BCUT2D eigenvalue weighted by Crippen LogP contribution is 2.63. The molecular formula is C16H17F16NO2. The van der Waals surface area contributed by atoms with E-state index in [1.165, 1.54) is 6.92 Å². The average molecular weight is 559 g/mol. The van der Waals surface area contributed by atoms with Crippen molar-refractivity contribution in [2.75, 3.05) is 0 Å². The number of unbranched alkanes of at least 4 members (excludes halogenated alkanes) is 2. The number of halogens is 16. The second kappa shape index (κ2) is 10.3. The lowest BCUT2D eigenvalue weighted by Gasteiger charge is -2.42. The van der Waals surface area contributed by atoms with Crippen molar-refractivity contribution in [1.29, 1.82) is 0 Å². The summed E-state index contributed by atoms with van der Waals surface area (Å²) in [5.74, 6) is -55.0. The van der Waals surface area contributed by atoms with Crippen LogP contribution < -0.4 is 5.73 Å². The Morgan fingerprint density at radius 1 is 0.714 bits per heavy atom. The van der Waals surface area contributed by atoms with Crippen LogP contribution in [0.3, 0.4) is 0 Å². The highest BCUT2D eigenvalue weighted by Gasteiger charge is 2.93. The number of rotatable bonds is 14. The molecule has 3 nitrogen and oxygen atoms in total. The molecule has 0 bridgehead atoms. The van der Waals surface area contributed by atoms with Crippen molar-refractivity contribution in [2.24, 2.45) is 5.73 Å². The fourth-order valence-corrected chi connectivity index (χ4v) is 2.57. The van der Waals surface area contributed by atoms with Gasteiger partial charge in [-0.2, -0.15) is 61.5 Å². The van der Waals surface area contributed by atoms with Crippen molar-refractivity contribution in [3.63, 3.8) is 0 Å². The lowest BCUT2D eigenvalue weighted by atomic mass is 9.87. The van der Waals surface area contributed by atoms with Crippen LogP contribution in [0.2, 0.25) is 0 Å². The number of carbonyl (C=O) groups is 1. The Bertz CT molecular complexity index is 724. The molecule has 19 heteroatoms. The average Bonchev–Trinajstić information content (AvgIpc) is 2.66. The van der Waals surface area contributed by atoms with E-state index in [0.717, 1.165) is 0 Å². The van der Waals surface area contributed by atoms with Gasteiger partial charge in [0.1, 0.15) is 6.10 Å². The fraction of sp³-hybridized carbons (Fsp3) is 0.938. The molecule has 0 aliphatic carbocycles. The normalized spacial score (nSPS) is 15.9. The van der Waals surface area contributed by atoms with E-state index in [2.05, 4.69) is 10.5 Å². The molecule has 0 rings (SSSR count). The molecule has 0 aliphatic rings. The number of carbonyl (C=O) groups excluding carboxylic acids is 1. The Hall–Kier alpha value is -1.85. The van der Waals surface area contributed by atoms with Gasteiger partial charge in [0, 0.05) is 0 Å². The molecule has 1 unspecified atom stereocenters. The molecule has 0 aliphatic heterocycles. The predicted octanol–water partition coefficient (Wildman–Crippen LogP) is 7.13. The van der Waals surface area contributed by atoms with Crippen LogP contribution in [0.5, 0.6) is 0 Å². The molecule has 35 heavy (non-hydrogen) atoms. The second-order valence-corrected chi connectivity index (χ2v) is 7.26. The molecule has 2 N–H and O–H groups in total. The second-order valence-electron chi connectivity index (χ2n) is 7.26. The van der Waals surface area contributed by atoms with Crippen molar-refractivity contribution < 1.29 is 79.8 Å². The molecule has 0 spiro atoms. The first-order valence-corrected chi connectivity index (χ1v) is 9.18. The number of nitrogens with two attached hydrogens (primary N) is 1. The van der Waals surface area contributed by atoms with E-state index >= 15 is 0 Å². The quantitative estimate of drug-likeness (QED) is 0.182. The van der Waals surface area contributed by atoms with Gasteiger partial charge in [0.15, 0.2) is 0 Å². The first-order valence-electron chi connectivity index (χ1n) is 9.18. The minimum atomic E-state index is -8.46. The van der Waals surface area contributed by atoms with Gasteiger partial charge in [-0.05, 0) is 12.8 Å². The van der Waals surface area contributed by atoms with E-state index in [4.69, 9.17) is 0 Å². The maximum Gasteiger partial charge on any atom is 0.404 e. The van der Waals surface area contributed by atoms with Crippen LogP contribution >= 0.6 is 0 Å². The number of primary amides is 1. The zero-order valence-electron chi connectivity index (χ0n) is 17.1. The maximum absolute atomic E-state index is 14.0. The third-order valence-electron chi connectivity index (χ3n) is 4.63. The highest BCUT2D eigenvalue weighted by atomic mass is 19.4. The topological polar surface area (TPSA) is 52.3 Å². The molecule has 0 aromatic heterocycles. The van der Waals surface area contributed by atoms with Gasteiger partial charge in [0.2, 0.25) is 0 Å². The Balaban J connectivity index is 6.45. The molecule has 0 aromatic carbocycles. The van der Waals surface area contributed by atoms with Crippen molar-refractivity contribution in [3.8, 4) is 0 Å². The number of amides is 1. The molecule has 0 aromatic rings. The Morgan fingerprint density at radius 3 is 1.49 bits per heavy atom. The number of alkyl halides is 16. The molecule has 1 atom stereocenters. The van der Waals surface area contributed by atoms with Gasteiger partial charge in [-0.25, -0.2) is 13.6 Å². The molecule has 210 valence electrons. The summed E-state index contributed by atoms with van der Waals surface area (Å²) in [7, 11) is 0. The molecule has 0 saturated carbocycles. The maximum atomic E-state index is 14.0. The number of hydrogen-bond donors (Lipinski definition) is 1. The van der Waals surface area contributed by atoms with Gasteiger partial charge in [-0.1, -0.05) is 19.8 Å². The van der Waals surface area contributed by atoms with Crippen LogP contribution in [0.25, 0.3) is 0 Å². The van der Waals surface area contributed by atoms with Gasteiger partial charge in [-0.3, -0.25) is 0 Å². The lowest BCUT2D eigenvalue weighted by molar-refractivity contribution is -0.447. The third kappa shape index (κ3) is 5.61. The van der Waals surface area contributed by atoms with Crippen LogP contribution in [-0.4, -0.2) is 60.1 Å². The summed E-state index contributed by atoms with van der Waals surface area (Å²) < 4.78 is 217. The largest absolute Gasteiger partial charge is 0.446 e. The minimum Gasteiger partial charge on any atom is -0.446 e. The van der Waals surface area contributed by atoms with E-state index < -0.39 is 72.9 Å². The van der Waals surface area contributed by atoms with Crippen LogP contribution in [0, 0.1) is 0 Å². The molecule has 0 radical (unpaired) electrons. The molecular weight excluding hydrogens is 542 g/mol. The van der Waals surface area contributed by atoms with Gasteiger partial charge in [0.25, 0.3) is 0 Å². The Morgan fingerprint density at radius 2 is 1.11 bits per heavy atom. The smallest absolute Gasteiger partial charge is 0.404 e. The van der Waals surface area contributed by atoms with Gasteiger partial charge >= 0.3 is 54.0 Å². The summed E-state index contributed by atoms with van der Waals surface area (Å²) in [4.78, 5) is 10.7. The first-order chi connectivity index (χ1) is 15.3. The summed E-state index contributed by atoms with van der Waals surface area (Å²) in [6.07, 6.45) is -13.7. The van der Waals surface area contributed by atoms with Gasteiger partial charge in [-0.15, -0.1) is 0 Å². The van der Waals surface area contributed by atoms with Crippen LogP contribution in [0.15, 0.2) is 0 Å². The zero-order valence-corrected chi connectivity index (χ0v) is 17.1. The van der Waals surface area contributed by atoms with E-state index in [0.29, 0.717) is 6.42 Å². The molecule has 1 amide bonds. The Labute approximate surface area is 185 Å². The SMILES string of the molecule is CCCCCC(CC(F)(F)C(F)(F)C(F)(F)C(F)(F)C(F)(F)C(F)(F)C(F)(F)C(F)F)OC(N)=O. The standard InChI is InChI=1S/C16H17F16NO2/c1-2-3-4-5-7(35-9(33)34)6-10(19,20)12(23,24)14(27,28)16(31,32)15(29,30)13(25,26)11(21,22)8(17)18/h7-8H,2-6H2,1H3,(H2,33,34). The van der Waals surface area contributed by atoms with Gasteiger partial charge < -0.3 is 10.5 Å². The summed E-state index contributed by atoms with van der Waals surface area (Å²) in [5.41, 5.74) is 4.47. The summed E-state index contributed by atoms with van der Waals surface area (Å²) >= 11 is 0. The van der Waals surface area contributed by atoms with E-state index in [-0.39, 0.29) is 12.8 Å². The summed E-state index contributed by atoms with van der Waals surface area (Å²) in [6.45, 7) is 1.52. The zero-order chi connectivity index (χ0) is 28.5. The molecule has 0 saturated heterocycles. The van der Waals surface area contributed by atoms with Crippen LogP contribution in [-0.2, 0) is 4.74 Å². The Kier molecular flexibility index (Phi) is 9.71. The monoisotopic (exact) mass is 559 g/mol. The lowest BCUT2D eigenvalue weighted by Crippen LogP contribution is -2.73. The summed E-state index contributed by atoms with van der Waals surface area (Å²) in [5, 5.41) is 0. The predicted molar refractivity (Wildman–Crippen MR) is 83.8 cm³/mol. The molecule has 0 heterocycles. The van der Waals surface area contributed by atoms with Crippen molar-refractivity contribution in [3.05, 3.63) is 0 Å². The summed E-state index contributed by atoms with van der Waals surface area (Å²) in [6, 6.07) is 0.